The normalized spacial score (nSPS) is 15.1. The van der Waals surface area contributed by atoms with E-state index in [0.717, 1.165) is 0 Å². The molecule has 1 N–H and O–H groups in total. The predicted molar refractivity (Wildman–Crippen MR) is 70.5 cm³/mol. The summed E-state index contributed by atoms with van der Waals surface area (Å²) in [4.78, 5) is 22.0. The first-order chi connectivity index (χ1) is 9.31. The molecule has 2 aromatic rings. The molecule has 6 nitrogen and oxygen atoms in total. The third-order valence-corrected chi connectivity index (χ3v) is 3.12. The zero-order valence-electron chi connectivity index (χ0n) is 10.4. The van der Waals surface area contributed by atoms with Crippen LogP contribution >= 0.6 is 0 Å². The summed E-state index contributed by atoms with van der Waals surface area (Å²) >= 11 is 0. The average molecular weight is 257 g/mol. The number of hydrogen-bond donors (Lipinski definition) is 1. The molecule has 19 heavy (non-hydrogen) atoms. The first-order valence-corrected chi connectivity index (χ1v) is 6.23. The van der Waals surface area contributed by atoms with E-state index in [2.05, 4.69) is 15.3 Å². The highest BCUT2D eigenvalue weighted by atomic mass is 16.2. The Morgan fingerprint density at radius 3 is 2.58 bits per heavy atom. The molecule has 6 heteroatoms. The molecule has 0 aliphatic carbocycles. The van der Waals surface area contributed by atoms with E-state index < -0.39 is 0 Å². The van der Waals surface area contributed by atoms with Gasteiger partial charge in [-0.2, -0.15) is 0 Å². The molecule has 0 unspecified atom stereocenters. The number of likely N-dealkylation sites (tertiary alicyclic amines) is 1. The van der Waals surface area contributed by atoms with Gasteiger partial charge in [0.1, 0.15) is 6.54 Å². The Morgan fingerprint density at radius 1 is 1.21 bits per heavy atom. The van der Waals surface area contributed by atoms with Crippen molar-refractivity contribution in [3.63, 3.8) is 0 Å². The van der Waals surface area contributed by atoms with E-state index in [9.17, 15) is 4.79 Å². The number of carbonyl (C=O) groups is 1. The fourth-order valence-electron chi connectivity index (χ4n) is 2.06. The molecule has 2 aromatic heterocycles. The van der Waals surface area contributed by atoms with Gasteiger partial charge in [-0.3, -0.25) is 4.79 Å². The molecule has 1 aliphatic rings. The smallest absolute Gasteiger partial charge is 0.242 e. The topological polar surface area (TPSA) is 63.1 Å². The van der Waals surface area contributed by atoms with Gasteiger partial charge in [0.25, 0.3) is 0 Å². The van der Waals surface area contributed by atoms with Gasteiger partial charge >= 0.3 is 0 Å². The first kappa shape index (κ1) is 11.7. The van der Waals surface area contributed by atoms with E-state index in [1.165, 1.54) is 0 Å². The van der Waals surface area contributed by atoms with Crippen LogP contribution in [-0.4, -0.2) is 44.5 Å². The molecule has 1 amide bonds. The first-order valence-electron chi connectivity index (χ1n) is 6.23. The number of nitrogens with zero attached hydrogens (tertiary/aromatic N) is 4. The summed E-state index contributed by atoms with van der Waals surface area (Å²) in [5, 5.41) is 3.20. The van der Waals surface area contributed by atoms with E-state index in [0.29, 0.717) is 25.6 Å². The number of hydrogen-bond acceptors (Lipinski definition) is 4. The standard InChI is InChI=1S/C13H15N5O/c19-12(10-17-6-1-2-7-17)18-8-11(9-18)16-13-14-4-3-5-15-13/h1-7,11H,8-10H2,(H,14,15,16). The van der Waals surface area contributed by atoms with Crippen molar-refractivity contribution in [2.45, 2.75) is 12.6 Å². The van der Waals surface area contributed by atoms with Crippen LogP contribution in [0.3, 0.4) is 0 Å². The third kappa shape index (κ3) is 2.73. The molecule has 1 fully saturated rings. The van der Waals surface area contributed by atoms with Crippen LogP contribution in [0, 0.1) is 0 Å². The van der Waals surface area contributed by atoms with Crippen molar-refractivity contribution in [3.05, 3.63) is 43.0 Å². The van der Waals surface area contributed by atoms with E-state index >= 15 is 0 Å². The quantitative estimate of drug-likeness (QED) is 0.871. The molecule has 0 saturated carbocycles. The van der Waals surface area contributed by atoms with Crippen molar-refractivity contribution < 1.29 is 4.79 Å². The second-order valence-electron chi connectivity index (χ2n) is 4.57. The van der Waals surface area contributed by atoms with E-state index in [1.54, 1.807) is 18.5 Å². The van der Waals surface area contributed by atoms with Crippen molar-refractivity contribution in [3.8, 4) is 0 Å². The van der Waals surface area contributed by atoms with Crippen LogP contribution in [0.4, 0.5) is 5.95 Å². The minimum absolute atomic E-state index is 0.142. The highest BCUT2D eigenvalue weighted by molar-refractivity contribution is 5.77. The Balaban J connectivity index is 1.46. The Hall–Kier alpha value is -2.37. The Labute approximate surface area is 111 Å². The summed E-state index contributed by atoms with van der Waals surface area (Å²) < 4.78 is 1.88. The second-order valence-corrected chi connectivity index (χ2v) is 4.57. The fraction of sp³-hybridized carbons (Fsp3) is 0.308. The van der Waals surface area contributed by atoms with Gasteiger partial charge in [-0.15, -0.1) is 0 Å². The summed E-state index contributed by atoms with van der Waals surface area (Å²) in [6.07, 6.45) is 7.18. The summed E-state index contributed by atoms with van der Waals surface area (Å²) in [5.41, 5.74) is 0. The van der Waals surface area contributed by atoms with Crippen molar-refractivity contribution in [1.82, 2.24) is 19.4 Å². The van der Waals surface area contributed by atoms with Crippen LogP contribution < -0.4 is 5.32 Å². The Kier molecular flexibility index (Phi) is 3.14. The molecule has 0 aromatic carbocycles. The monoisotopic (exact) mass is 257 g/mol. The number of carbonyl (C=O) groups excluding carboxylic acids is 1. The van der Waals surface area contributed by atoms with E-state index in [1.807, 2.05) is 34.0 Å². The lowest BCUT2D eigenvalue weighted by atomic mass is 10.1. The van der Waals surface area contributed by atoms with Crippen molar-refractivity contribution in [1.29, 1.82) is 0 Å². The zero-order chi connectivity index (χ0) is 13.1. The molecular formula is C13H15N5O. The predicted octanol–water partition coefficient (Wildman–Crippen LogP) is 0.601. The van der Waals surface area contributed by atoms with E-state index in [4.69, 9.17) is 0 Å². The summed E-state index contributed by atoms with van der Waals surface area (Å²) in [6, 6.07) is 5.86. The maximum atomic E-state index is 11.9. The van der Waals surface area contributed by atoms with Crippen LogP contribution in [0.25, 0.3) is 0 Å². The van der Waals surface area contributed by atoms with Gasteiger partial charge in [-0.1, -0.05) is 0 Å². The van der Waals surface area contributed by atoms with Crippen molar-refractivity contribution in [2.75, 3.05) is 18.4 Å². The van der Waals surface area contributed by atoms with Crippen molar-refractivity contribution >= 4 is 11.9 Å². The third-order valence-electron chi connectivity index (χ3n) is 3.12. The van der Waals surface area contributed by atoms with E-state index in [-0.39, 0.29) is 11.9 Å². The fourth-order valence-corrected chi connectivity index (χ4v) is 2.06. The van der Waals surface area contributed by atoms with Gasteiger partial charge in [0.05, 0.1) is 6.04 Å². The maximum absolute atomic E-state index is 11.9. The van der Waals surface area contributed by atoms with Gasteiger partial charge in [0, 0.05) is 37.9 Å². The molecule has 1 aliphatic heterocycles. The molecule has 0 atom stereocenters. The highest BCUT2D eigenvalue weighted by Gasteiger charge is 2.30. The number of rotatable bonds is 4. The molecule has 1 saturated heterocycles. The lowest BCUT2D eigenvalue weighted by Crippen LogP contribution is -2.57. The highest BCUT2D eigenvalue weighted by Crippen LogP contribution is 2.12. The minimum Gasteiger partial charge on any atom is -0.348 e. The Bertz CT molecular complexity index is 533. The van der Waals surface area contributed by atoms with Crippen LogP contribution in [0.15, 0.2) is 43.0 Å². The van der Waals surface area contributed by atoms with Crippen LogP contribution in [0.1, 0.15) is 0 Å². The lowest BCUT2D eigenvalue weighted by Gasteiger charge is -2.39. The van der Waals surface area contributed by atoms with Crippen molar-refractivity contribution in [2.24, 2.45) is 0 Å². The number of aromatic nitrogens is 3. The van der Waals surface area contributed by atoms with Gasteiger partial charge in [-0.25, -0.2) is 9.97 Å². The molecule has 0 radical (unpaired) electrons. The summed E-state index contributed by atoms with van der Waals surface area (Å²) in [5.74, 6) is 0.758. The largest absolute Gasteiger partial charge is 0.348 e. The van der Waals surface area contributed by atoms with Gasteiger partial charge < -0.3 is 14.8 Å². The zero-order valence-corrected chi connectivity index (χ0v) is 10.4. The SMILES string of the molecule is O=C(Cn1cccc1)N1CC(Nc2ncccn2)C1. The lowest BCUT2D eigenvalue weighted by molar-refractivity contribution is -0.135. The summed E-state index contributed by atoms with van der Waals surface area (Å²) in [7, 11) is 0. The molecule has 98 valence electrons. The minimum atomic E-state index is 0.142. The molecule has 3 rings (SSSR count). The van der Waals surface area contributed by atoms with Gasteiger partial charge in [0.2, 0.25) is 11.9 Å². The summed E-state index contributed by atoms with van der Waals surface area (Å²) in [6.45, 7) is 1.82. The number of anilines is 1. The maximum Gasteiger partial charge on any atom is 0.242 e. The molecule has 3 heterocycles. The van der Waals surface area contributed by atoms with Crippen LogP contribution in [-0.2, 0) is 11.3 Å². The average Bonchev–Trinajstić information content (AvgIpc) is 2.87. The molecule has 0 spiro atoms. The molecular weight excluding hydrogens is 242 g/mol. The number of amides is 1. The van der Waals surface area contributed by atoms with Gasteiger partial charge in [0.15, 0.2) is 0 Å². The Morgan fingerprint density at radius 2 is 1.89 bits per heavy atom. The second kappa shape index (κ2) is 5.09. The van der Waals surface area contributed by atoms with Gasteiger partial charge in [-0.05, 0) is 18.2 Å². The molecule has 0 bridgehead atoms. The van der Waals surface area contributed by atoms with Crippen LogP contribution in [0.5, 0.6) is 0 Å². The number of nitrogens with one attached hydrogen (secondary N) is 1. The van der Waals surface area contributed by atoms with Crippen LogP contribution in [0.2, 0.25) is 0 Å².